The van der Waals surface area contributed by atoms with Crippen LogP contribution in [0.15, 0.2) is 12.7 Å². The Morgan fingerprint density at radius 2 is 2.21 bits per heavy atom. The quantitative estimate of drug-likeness (QED) is 0.499. The van der Waals surface area contributed by atoms with Gasteiger partial charge in [0.05, 0.1) is 0 Å². The van der Waals surface area contributed by atoms with Crippen molar-refractivity contribution in [3.63, 3.8) is 0 Å². The van der Waals surface area contributed by atoms with Gasteiger partial charge in [-0.15, -0.1) is 6.58 Å². The summed E-state index contributed by atoms with van der Waals surface area (Å²) in [5, 5.41) is 0. The van der Waals surface area contributed by atoms with Gasteiger partial charge in [0.2, 0.25) is 0 Å². The predicted molar refractivity (Wildman–Crippen MR) is 62.3 cm³/mol. The fourth-order valence-corrected chi connectivity index (χ4v) is 2.24. The summed E-state index contributed by atoms with van der Waals surface area (Å²) in [5.74, 6) is 0. The molecule has 1 unspecified atom stereocenters. The van der Waals surface area contributed by atoms with Crippen molar-refractivity contribution in [2.75, 3.05) is 19.6 Å². The SMILES string of the molecule is C=CCCCCCN1CCCC1CN. The summed E-state index contributed by atoms with van der Waals surface area (Å²) in [7, 11) is 0. The third-order valence-electron chi connectivity index (χ3n) is 3.12. The van der Waals surface area contributed by atoms with Gasteiger partial charge < -0.3 is 5.73 Å². The molecule has 14 heavy (non-hydrogen) atoms. The van der Waals surface area contributed by atoms with Crippen molar-refractivity contribution in [2.45, 2.75) is 44.6 Å². The summed E-state index contributed by atoms with van der Waals surface area (Å²) >= 11 is 0. The third-order valence-corrected chi connectivity index (χ3v) is 3.12. The van der Waals surface area contributed by atoms with E-state index < -0.39 is 0 Å². The summed E-state index contributed by atoms with van der Waals surface area (Å²) < 4.78 is 0. The van der Waals surface area contributed by atoms with E-state index in [2.05, 4.69) is 11.5 Å². The molecule has 0 saturated carbocycles. The topological polar surface area (TPSA) is 29.3 Å². The molecule has 1 heterocycles. The van der Waals surface area contributed by atoms with Gasteiger partial charge in [0, 0.05) is 12.6 Å². The zero-order valence-electron chi connectivity index (χ0n) is 9.25. The fraction of sp³-hybridized carbons (Fsp3) is 0.833. The maximum absolute atomic E-state index is 5.72. The second-order valence-corrected chi connectivity index (χ2v) is 4.21. The molecule has 1 aliphatic rings. The van der Waals surface area contributed by atoms with Crippen molar-refractivity contribution < 1.29 is 0 Å². The van der Waals surface area contributed by atoms with E-state index in [1.807, 2.05) is 6.08 Å². The molecule has 1 aliphatic heterocycles. The van der Waals surface area contributed by atoms with Crippen molar-refractivity contribution in [3.05, 3.63) is 12.7 Å². The number of unbranched alkanes of at least 4 members (excludes halogenated alkanes) is 3. The first-order valence-electron chi connectivity index (χ1n) is 5.93. The van der Waals surface area contributed by atoms with Gasteiger partial charge in [-0.05, 0) is 45.2 Å². The molecule has 0 bridgehead atoms. The number of hydrogen-bond acceptors (Lipinski definition) is 2. The molecule has 2 N–H and O–H groups in total. The average Bonchev–Trinajstić information content (AvgIpc) is 2.65. The lowest BCUT2D eigenvalue weighted by Crippen LogP contribution is -2.35. The number of likely N-dealkylation sites (tertiary alicyclic amines) is 1. The van der Waals surface area contributed by atoms with Crippen LogP contribution in [0.2, 0.25) is 0 Å². The van der Waals surface area contributed by atoms with Gasteiger partial charge in [-0.3, -0.25) is 4.90 Å². The minimum Gasteiger partial charge on any atom is -0.329 e. The van der Waals surface area contributed by atoms with E-state index in [9.17, 15) is 0 Å². The van der Waals surface area contributed by atoms with E-state index in [1.165, 1.54) is 51.6 Å². The Morgan fingerprint density at radius 3 is 2.93 bits per heavy atom. The smallest absolute Gasteiger partial charge is 0.0218 e. The predicted octanol–water partition coefficient (Wildman–Crippen LogP) is 2.16. The van der Waals surface area contributed by atoms with Gasteiger partial charge in [-0.1, -0.05) is 12.5 Å². The molecule has 0 aromatic carbocycles. The maximum atomic E-state index is 5.72. The van der Waals surface area contributed by atoms with Crippen LogP contribution < -0.4 is 5.73 Å². The Hall–Kier alpha value is -0.340. The van der Waals surface area contributed by atoms with E-state index in [4.69, 9.17) is 5.73 Å². The van der Waals surface area contributed by atoms with Crippen LogP contribution in [0.1, 0.15) is 38.5 Å². The third kappa shape index (κ3) is 3.81. The lowest BCUT2D eigenvalue weighted by atomic mass is 10.1. The van der Waals surface area contributed by atoms with Gasteiger partial charge >= 0.3 is 0 Å². The van der Waals surface area contributed by atoms with Crippen molar-refractivity contribution in [1.82, 2.24) is 4.90 Å². The number of rotatable bonds is 7. The standard InChI is InChI=1S/C12H24N2/c1-2-3-4-5-6-9-14-10-7-8-12(14)11-13/h2,12H,1,3-11,13H2. The molecule has 1 saturated heterocycles. The van der Waals surface area contributed by atoms with Gasteiger partial charge in [0.1, 0.15) is 0 Å². The van der Waals surface area contributed by atoms with Crippen LogP contribution in [-0.4, -0.2) is 30.6 Å². The highest BCUT2D eigenvalue weighted by atomic mass is 15.2. The van der Waals surface area contributed by atoms with Gasteiger partial charge in [0.15, 0.2) is 0 Å². The minimum atomic E-state index is 0.675. The molecule has 1 atom stereocenters. The zero-order valence-corrected chi connectivity index (χ0v) is 9.25. The highest BCUT2D eigenvalue weighted by molar-refractivity contribution is 4.79. The molecule has 2 heteroatoms. The van der Waals surface area contributed by atoms with Crippen LogP contribution in [0, 0.1) is 0 Å². The Labute approximate surface area is 88.2 Å². The summed E-state index contributed by atoms with van der Waals surface area (Å²) in [6.45, 7) is 7.09. The number of hydrogen-bond donors (Lipinski definition) is 1. The van der Waals surface area contributed by atoms with Gasteiger partial charge in [-0.2, -0.15) is 0 Å². The first-order valence-corrected chi connectivity index (χ1v) is 5.93. The molecule has 0 aromatic rings. The Balaban J connectivity index is 2.02. The van der Waals surface area contributed by atoms with Crippen molar-refractivity contribution >= 4 is 0 Å². The number of nitrogens with zero attached hydrogens (tertiary/aromatic N) is 1. The molecule has 1 fully saturated rings. The zero-order chi connectivity index (χ0) is 10.2. The molecule has 1 rings (SSSR count). The molecule has 0 spiro atoms. The van der Waals surface area contributed by atoms with E-state index in [0.717, 1.165) is 6.54 Å². The van der Waals surface area contributed by atoms with E-state index in [-0.39, 0.29) is 0 Å². The summed E-state index contributed by atoms with van der Waals surface area (Å²) in [6.07, 6.45) is 9.78. The first-order chi connectivity index (χ1) is 6.88. The maximum Gasteiger partial charge on any atom is 0.0218 e. The van der Waals surface area contributed by atoms with Gasteiger partial charge in [0.25, 0.3) is 0 Å². The number of nitrogens with two attached hydrogens (primary N) is 1. The van der Waals surface area contributed by atoms with Crippen molar-refractivity contribution in [1.29, 1.82) is 0 Å². The molecular weight excluding hydrogens is 172 g/mol. The fourth-order valence-electron chi connectivity index (χ4n) is 2.24. The van der Waals surface area contributed by atoms with Crippen molar-refractivity contribution in [2.24, 2.45) is 5.73 Å². The van der Waals surface area contributed by atoms with Crippen LogP contribution in [0.25, 0.3) is 0 Å². The minimum absolute atomic E-state index is 0.675. The van der Waals surface area contributed by atoms with Gasteiger partial charge in [-0.25, -0.2) is 0 Å². The number of allylic oxidation sites excluding steroid dienone is 1. The van der Waals surface area contributed by atoms with E-state index in [1.54, 1.807) is 0 Å². The lowest BCUT2D eigenvalue weighted by molar-refractivity contribution is 0.253. The molecule has 0 radical (unpaired) electrons. The van der Waals surface area contributed by atoms with Crippen LogP contribution >= 0.6 is 0 Å². The highest BCUT2D eigenvalue weighted by Gasteiger charge is 2.21. The van der Waals surface area contributed by atoms with Crippen LogP contribution in [0.3, 0.4) is 0 Å². The molecule has 0 amide bonds. The van der Waals surface area contributed by atoms with Crippen LogP contribution in [-0.2, 0) is 0 Å². The highest BCUT2D eigenvalue weighted by Crippen LogP contribution is 2.16. The molecule has 0 aromatic heterocycles. The summed E-state index contributed by atoms with van der Waals surface area (Å²) in [6, 6.07) is 0.675. The summed E-state index contributed by atoms with van der Waals surface area (Å²) in [4.78, 5) is 2.56. The average molecular weight is 196 g/mol. The Bertz CT molecular complexity index is 156. The normalized spacial score (nSPS) is 22.8. The Kier molecular flexibility index (Phi) is 5.88. The van der Waals surface area contributed by atoms with E-state index >= 15 is 0 Å². The van der Waals surface area contributed by atoms with Crippen molar-refractivity contribution in [3.8, 4) is 0 Å². The van der Waals surface area contributed by atoms with Crippen LogP contribution in [0.4, 0.5) is 0 Å². The summed E-state index contributed by atoms with van der Waals surface area (Å²) in [5.41, 5.74) is 5.72. The molecule has 82 valence electrons. The lowest BCUT2D eigenvalue weighted by Gasteiger charge is -2.22. The largest absolute Gasteiger partial charge is 0.329 e. The monoisotopic (exact) mass is 196 g/mol. The second kappa shape index (κ2) is 7.02. The first kappa shape index (κ1) is 11.7. The second-order valence-electron chi connectivity index (χ2n) is 4.21. The molecular formula is C12H24N2. The van der Waals surface area contributed by atoms with E-state index in [0.29, 0.717) is 6.04 Å². The molecule has 0 aliphatic carbocycles. The Morgan fingerprint density at radius 1 is 1.36 bits per heavy atom. The van der Waals surface area contributed by atoms with Crippen LogP contribution in [0.5, 0.6) is 0 Å². The molecule has 2 nitrogen and oxygen atoms in total.